The lowest BCUT2D eigenvalue weighted by Gasteiger charge is -2.22. The number of carbonyl (C=O) groups is 2. The number of likely N-dealkylation sites (tertiary alicyclic amines) is 1. The predicted molar refractivity (Wildman–Crippen MR) is 74.0 cm³/mol. The molecule has 110 valence electrons. The maximum atomic E-state index is 12.4. The number of hydrogen-bond donors (Lipinski definition) is 1. The molecule has 2 heterocycles. The molecule has 0 radical (unpaired) electrons. The van der Waals surface area contributed by atoms with E-state index in [4.69, 9.17) is 9.52 Å². The topological polar surface area (TPSA) is 70.8 Å². The Morgan fingerprint density at radius 2 is 2.15 bits per heavy atom. The van der Waals surface area contributed by atoms with Gasteiger partial charge in [0, 0.05) is 25.6 Å². The highest BCUT2D eigenvalue weighted by Crippen LogP contribution is 2.34. The lowest BCUT2D eigenvalue weighted by atomic mass is 9.87. The van der Waals surface area contributed by atoms with Gasteiger partial charge in [-0.25, -0.2) is 4.79 Å². The molecule has 5 nitrogen and oxygen atoms in total. The minimum atomic E-state index is -1.05. The second-order valence-electron chi connectivity index (χ2n) is 5.75. The number of aryl methyl sites for hydroxylation is 1. The van der Waals surface area contributed by atoms with E-state index < -0.39 is 5.97 Å². The summed E-state index contributed by atoms with van der Waals surface area (Å²) in [6, 6.07) is 1.35. The van der Waals surface area contributed by atoms with Crippen LogP contribution in [0.15, 0.2) is 10.5 Å². The Morgan fingerprint density at radius 1 is 1.45 bits per heavy atom. The summed E-state index contributed by atoms with van der Waals surface area (Å²) in [5.41, 5.74) is 0.249. The molecule has 1 amide bonds. The second kappa shape index (κ2) is 5.31. The average molecular weight is 279 g/mol. The van der Waals surface area contributed by atoms with Crippen LogP contribution < -0.4 is 0 Å². The van der Waals surface area contributed by atoms with Gasteiger partial charge in [-0.2, -0.15) is 0 Å². The van der Waals surface area contributed by atoms with Gasteiger partial charge in [-0.15, -0.1) is 0 Å². The largest absolute Gasteiger partial charge is 0.478 e. The quantitative estimate of drug-likeness (QED) is 0.920. The number of furan rings is 1. The van der Waals surface area contributed by atoms with E-state index in [-0.39, 0.29) is 22.6 Å². The molecular weight excluding hydrogens is 258 g/mol. The number of carboxylic acid groups (broad SMARTS) is 1. The normalized spacial score (nSPS) is 22.2. The summed E-state index contributed by atoms with van der Waals surface area (Å²) in [6.45, 7) is 7.51. The minimum absolute atomic E-state index is 0.0910. The third-order valence-corrected chi connectivity index (χ3v) is 4.27. The zero-order valence-electron chi connectivity index (χ0n) is 12.2. The maximum absolute atomic E-state index is 12.4. The number of amides is 1. The second-order valence-corrected chi connectivity index (χ2v) is 5.75. The van der Waals surface area contributed by atoms with Gasteiger partial charge in [0.15, 0.2) is 5.76 Å². The van der Waals surface area contributed by atoms with Gasteiger partial charge in [-0.05, 0) is 18.3 Å². The van der Waals surface area contributed by atoms with Crippen LogP contribution in [0.2, 0.25) is 0 Å². The summed E-state index contributed by atoms with van der Waals surface area (Å²) in [4.78, 5) is 25.3. The van der Waals surface area contributed by atoms with Crippen molar-refractivity contribution in [2.24, 2.45) is 5.41 Å². The van der Waals surface area contributed by atoms with Gasteiger partial charge in [0.2, 0.25) is 0 Å². The molecule has 0 aliphatic carbocycles. The SMILES string of the molecule is CCc1oc(C(=O)N2CCC(C)(CC)C2)cc1C(=O)O. The molecule has 5 heteroatoms. The molecule has 0 aromatic carbocycles. The zero-order valence-corrected chi connectivity index (χ0v) is 12.2. The first-order valence-electron chi connectivity index (χ1n) is 7.05. The molecule has 1 atom stereocenters. The molecule has 0 saturated carbocycles. The van der Waals surface area contributed by atoms with Crippen LogP contribution in [0.5, 0.6) is 0 Å². The number of carbonyl (C=O) groups excluding carboxylic acids is 1. The van der Waals surface area contributed by atoms with Crippen LogP contribution in [0.4, 0.5) is 0 Å². The van der Waals surface area contributed by atoms with Crippen molar-refractivity contribution < 1.29 is 19.1 Å². The smallest absolute Gasteiger partial charge is 0.339 e. The third kappa shape index (κ3) is 2.57. The monoisotopic (exact) mass is 279 g/mol. The molecule has 20 heavy (non-hydrogen) atoms. The molecule has 1 unspecified atom stereocenters. The van der Waals surface area contributed by atoms with E-state index in [9.17, 15) is 9.59 Å². The molecule has 1 aromatic rings. The number of hydrogen-bond acceptors (Lipinski definition) is 3. The molecule has 2 rings (SSSR count). The lowest BCUT2D eigenvalue weighted by Crippen LogP contribution is -2.30. The summed E-state index contributed by atoms with van der Waals surface area (Å²) in [7, 11) is 0. The van der Waals surface area contributed by atoms with E-state index >= 15 is 0 Å². The molecule has 1 aliphatic heterocycles. The maximum Gasteiger partial charge on any atom is 0.339 e. The molecule has 1 N–H and O–H groups in total. The van der Waals surface area contributed by atoms with Crippen LogP contribution in [0.1, 0.15) is 60.3 Å². The van der Waals surface area contributed by atoms with Gasteiger partial charge in [-0.1, -0.05) is 20.8 Å². The molecule has 1 fully saturated rings. The van der Waals surface area contributed by atoms with Gasteiger partial charge in [0.05, 0.1) is 0 Å². The van der Waals surface area contributed by atoms with Crippen molar-refractivity contribution >= 4 is 11.9 Å². The predicted octanol–water partition coefficient (Wildman–Crippen LogP) is 2.80. The van der Waals surface area contributed by atoms with Crippen molar-refractivity contribution in [2.75, 3.05) is 13.1 Å². The Labute approximate surface area is 118 Å². The fraction of sp³-hybridized carbons (Fsp3) is 0.600. The molecule has 0 spiro atoms. The number of nitrogens with zero attached hydrogens (tertiary/aromatic N) is 1. The first-order chi connectivity index (χ1) is 9.40. The fourth-order valence-electron chi connectivity index (χ4n) is 2.62. The summed E-state index contributed by atoms with van der Waals surface area (Å²) >= 11 is 0. The minimum Gasteiger partial charge on any atom is -0.478 e. The Morgan fingerprint density at radius 3 is 2.60 bits per heavy atom. The Kier molecular flexibility index (Phi) is 3.88. The van der Waals surface area contributed by atoms with Crippen molar-refractivity contribution in [1.82, 2.24) is 4.90 Å². The van der Waals surface area contributed by atoms with E-state index in [1.165, 1.54) is 6.07 Å². The summed E-state index contributed by atoms with van der Waals surface area (Å²) in [6.07, 6.45) is 2.46. The molecule has 1 saturated heterocycles. The van der Waals surface area contributed by atoms with E-state index in [0.717, 1.165) is 12.8 Å². The van der Waals surface area contributed by atoms with E-state index in [0.29, 0.717) is 25.3 Å². The lowest BCUT2D eigenvalue weighted by molar-refractivity contribution is 0.0692. The highest BCUT2D eigenvalue weighted by Gasteiger charge is 2.36. The van der Waals surface area contributed by atoms with Crippen molar-refractivity contribution in [3.8, 4) is 0 Å². The van der Waals surface area contributed by atoms with Crippen molar-refractivity contribution in [2.45, 2.75) is 40.0 Å². The van der Waals surface area contributed by atoms with Gasteiger partial charge < -0.3 is 14.4 Å². The van der Waals surface area contributed by atoms with Gasteiger partial charge in [0.25, 0.3) is 5.91 Å². The molecular formula is C15H21NO4. The van der Waals surface area contributed by atoms with Crippen molar-refractivity contribution in [1.29, 1.82) is 0 Å². The molecule has 1 aliphatic rings. The van der Waals surface area contributed by atoms with Crippen LogP contribution in [-0.4, -0.2) is 35.0 Å². The van der Waals surface area contributed by atoms with Gasteiger partial charge in [-0.3, -0.25) is 4.79 Å². The summed E-state index contributed by atoms with van der Waals surface area (Å²) < 4.78 is 5.43. The standard InChI is InChI=1S/C15H21NO4/c1-4-11-10(14(18)19)8-12(20-11)13(17)16-7-6-15(3,5-2)9-16/h8H,4-7,9H2,1-3H3,(H,18,19). The van der Waals surface area contributed by atoms with Gasteiger partial charge in [0.1, 0.15) is 11.3 Å². The van der Waals surface area contributed by atoms with E-state index in [1.807, 2.05) is 6.92 Å². The summed E-state index contributed by atoms with van der Waals surface area (Å²) in [5.74, 6) is -0.758. The summed E-state index contributed by atoms with van der Waals surface area (Å²) in [5, 5.41) is 9.09. The Hall–Kier alpha value is -1.78. The highest BCUT2D eigenvalue weighted by atomic mass is 16.4. The van der Waals surface area contributed by atoms with Crippen LogP contribution in [0.3, 0.4) is 0 Å². The third-order valence-electron chi connectivity index (χ3n) is 4.27. The number of rotatable bonds is 4. The van der Waals surface area contributed by atoms with Crippen LogP contribution >= 0.6 is 0 Å². The number of aromatic carboxylic acids is 1. The zero-order chi connectivity index (χ0) is 14.9. The van der Waals surface area contributed by atoms with E-state index in [2.05, 4.69) is 13.8 Å². The van der Waals surface area contributed by atoms with E-state index in [1.54, 1.807) is 4.90 Å². The van der Waals surface area contributed by atoms with Crippen molar-refractivity contribution in [3.63, 3.8) is 0 Å². The van der Waals surface area contributed by atoms with Crippen LogP contribution in [-0.2, 0) is 6.42 Å². The van der Waals surface area contributed by atoms with Crippen LogP contribution in [0, 0.1) is 5.41 Å². The van der Waals surface area contributed by atoms with Gasteiger partial charge >= 0.3 is 5.97 Å². The molecule has 0 bridgehead atoms. The van der Waals surface area contributed by atoms with Crippen LogP contribution in [0.25, 0.3) is 0 Å². The fourth-order valence-corrected chi connectivity index (χ4v) is 2.62. The Balaban J connectivity index is 2.20. The average Bonchev–Trinajstić information content (AvgIpc) is 3.02. The van der Waals surface area contributed by atoms with Crippen molar-refractivity contribution in [3.05, 3.63) is 23.2 Å². The first kappa shape index (κ1) is 14.6. The highest BCUT2D eigenvalue weighted by molar-refractivity contribution is 5.96. The first-order valence-corrected chi connectivity index (χ1v) is 7.05. The Bertz CT molecular complexity index is 534. The number of carboxylic acids is 1. The molecule has 1 aromatic heterocycles.